The van der Waals surface area contributed by atoms with Gasteiger partial charge in [0.2, 0.25) is 0 Å². The van der Waals surface area contributed by atoms with Crippen molar-refractivity contribution in [3.63, 3.8) is 0 Å². The van der Waals surface area contributed by atoms with Gasteiger partial charge in [-0.05, 0) is 50.1 Å². The molecule has 0 radical (unpaired) electrons. The average molecular weight is 414 g/mol. The molecule has 30 heavy (non-hydrogen) atoms. The van der Waals surface area contributed by atoms with Crippen molar-refractivity contribution in [2.45, 2.75) is 60.3 Å². The summed E-state index contributed by atoms with van der Waals surface area (Å²) in [5, 5.41) is 5.68. The number of benzene rings is 1. The summed E-state index contributed by atoms with van der Waals surface area (Å²) in [6, 6.07) is 4.20. The van der Waals surface area contributed by atoms with Crippen molar-refractivity contribution in [3.05, 3.63) is 52.1 Å². The summed E-state index contributed by atoms with van der Waals surface area (Å²) in [7, 11) is 0. The van der Waals surface area contributed by atoms with Crippen LogP contribution in [0.2, 0.25) is 0 Å². The van der Waals surface area contributed by atoms with Crippen LogP contribution in [0.5, 0.6) is 0 Å². The zero-order valence-corrected chi connectivity index (χ0v) is 18.5. The molecule has 3 rings (SSSR count). The largest absolute Gasteiger partial charge is 0.358 e. The highest BCUT2D eigenvalue weighted by Crippen LogP contribution is 2.34. The topological polar surface area (TPSA) is 74.0 Å². The zero-order valence-electron chi connectivity index (χ0n) is 18.5. The number of aromatic nitrogens is 1. The highest BCUT2D eigenvalue weighted by Gasteiger charge is 2.26. The maximum atomic E-state index is 13.6. The van der Waals surface area contributed by atoms with Gasteiger partial charge in [-0.25, -0.2) is 4.39 Å². The van der Waals surface area contributed by atoms with Crippen molar-refractivity contribution in [3.8, 4) is 0 Å². The molecule has 0 saturated heterocycles. The Hall–Kier alpha value is -2.89. The normalized spacial score (nSPS) is 13.5. The SMILES string of the molecule is CCC.CCCCCNC(=O)c1c(C)[nH]c(/C=C2\C(=O)Nc3ccc(F)cc32)c1C. The Balaban J connectivity index is 0.00000101. The molecule has 1 aliphatic rings. The minimum Gasteiger partial charge on any atom is -0.358 e. The van der Waals surface area contributed by atoms with Crippen LogP contribution in [-0.2, 0) is 4.79 Å². The number of amides is 2. The van der Waals surface area contributed by atoms with Crippen molar-refractivity contribution in [2.24, 2.45) is 0 Å². The van der Waals surface area contributed by atoms with Crippen molar-refractivity contribution < 1.29 is 14.0 Å². The van der Waals surface area contributed by atoms with E-state index in [0.29, 0.717) is 34.6 Å². The lowest BCUT2D eigenvalue weighted by atomic mass is 10.0. The van der Waals surface area contributed by atoms with E-state index in [4.69, 9.17) is 0 Å². The number of carbonyl (C=O) groups excluding carboxylic acids is 2. The summed E-state index contributed by atoms with van der Waals surface area (Å²) >= 11 is 0. The molecule has 0 bridgehead atoms. The summed E-state index contributed by atoms with van der Waals surface area (Å²) in [6.45, 7) is 10.7. The van der Waals surface area contributed by atoms with Gasteiger partial charge in [-0.3, -0.25) is 9.59 Å². The maximum Gasteiger partial charge on any atom is 0.256 e. The number of rotatable bonds is 6. The third-order valence-electron chi connectivity index (χ3n) is 4.82. The second-order valence-corrected chi connectivity index (χ2v) is 7.54. The van der Waals surface area contributed by atoms with Crippen molar-refractivity contribution >= 4 is 29.2 Å². The molecule has 3 N–H and O–H groups in total. The minimum absolute atomic E-state index is 0.121. The Morgan fingerprint density at radius 3 is 2.53 bits per heavy atom. The number of H-pyrrole nitrogens is 1. The Morgan fingerprint density at radius 2 is 1.87 bits per heavy atom. The number of anilines is 1. The summed E-state index contributed by atoms with van der Waals surface area (Å²) in [4.78, 5) is 28.0. The Bertz CT molecular complexity index is 944. The lowest BCUT2D eigenvalue weighted by molar-refractivity contribution is -0.110. The Labute approximate surface area is 178 Å². The third-order valence-corrected chi connectivity index (χ3v) is 4.82. The minimum atomic E-state index is -0.400. The summed E-state index contributed by atoms with van der Waals surface area (Å²) in [5.41, 5.74) is 4.27. The van der Waals surface area contributed by atoms with Gasteiger partial charge in [0.25, 0.3) is 11.8 Å². The molecule has 0 aliphatic carbocycles. The van der Waals surface area contributed by atoms with Gasteiger partial charge in [-0.2, -0.15) is 0 Å². The second-order valence-electron chi connectivity index (χ2n) is 7.54. The van der Waals surface area contributed by atoms with Gasteiger partial charge in [0.15, 0.2) is 0 Å². The molecule has 2 amide bonds. The quantitative estimate of drug-likeness (QED) is 0.426. The summed E-state index contributed by atoms with van der Waals surface area (Å²) in [5.74, 6) is -0.806. The summed E-state index contributed by atoms with van der Waals surface area (Å²) < 4.78 is 13.6. The van der Waals surface area contributed by atoms with E-state index in [9.17, 15) is 14.0 Å². The first-order valence-corrected chi connectivity index (χ1v) is 10.6. The van der Waals surface area contributed by atoms with Crippen LogP contribution >= 0.6 is 0 Å². The molecule has 0 unspecified atom stereocenters. The first kappa shape index (κ1) is 23.4. The molecule has 0 saturated carbocycles. The van der Waals surface area contributed by atoms with Crippen LogP contribution in [0.3, 0.4) is 0 Å². The van der Waals surface area contributed by atoms with E-state index >= 15 is 0 Å². The van der Waals surface area contributed by atoms with E-state index < -0.39 is 5.82 Å². The summed E-state index contributed by atoms with van der Waals surface area (Å²) in [6.07, 6.45) is 6.05. The van der Waals surface area contributed by atoms with Crippen LogP contribution in [0.25, 0.3) is 11.6 Å². The molecule has 5 nitrogen and oxygen atoms in total. The Kier molecular flexibility index (Phi) is 8.39. The number of unbranched alkanes of at least 4 members (excludes halogenated alkanes) is 2. The van der Waals surface area contributed by atoms with E-state index in [1.165, 1.54) is 18.6 Å². The molecular formula is C24H32FN3O2. The molecule has 6 heteroatoms. The zero-order chi connectivity index (χ0) is 22.3. The van der Waals surface area contributed by atoms with Crippen LogP contribution in [0.1, 0.15) is 79.3 Å². The number of hydrogen-bond donors (Lipinski definition) is 3. The molecule has 0 atom stereocenters. The number of nitrogens with one attached hydrogen (secondary N) is 3. The molecule has 162 valence electrons. The molecule has 0 fully saturated rings. The van der Waals surface area contributed by atoms with E-state index in [0.717, 1.165) is 30.5 Å². The average Bonchev–Trinajstić information content (AvgIpc) is 3.15. The molecule has 1 aromatic carbocycles. The highest BCUT2D eigenvalue weighted by molar-refractivity contribution is 6.34. The van der Waals surface area contributed by atoms with Crippen LogP contribution in [-0.4, -0.2) is 23.3 Å². The van der Waals surface area contributed by atoms with E-state index in [2.05, 4.69) is 36.4 Å². The van der Waals surface area contributed by atoms with E-state index in [1.54, 1.807) is 12.1 Å². The molecular weight excluding hydrogens is 381 g/mol. The van der Waals surface area contributed by atoms with Crippen LogP contribution in [0.4, 0.5) is 10.1 Å². The van der Waals surface area contributed by atoms with E-state index in [-0.39, 0.29) is 11.8 Å². The fourth-order valence-corrected chi connectivity index (χ4v) is 3.37. The maximum absolute atomic E-state index is 13.6. The molecule has 1 aromatic heterocycles. The first-order chi connectivity index (χ1) is 14.3. The predicted octanol–water partition coefficient (Wildman–Crippen LogP) is 5.60. The van der Waals surface area contributed by atoms with Crippen molar-refractivity contribution in [1.29, 1.82) is 0 Å². The smallest absolute Gasteiger partial charge is 0.256 e. The number of hydrogen-bond acceptors (Lipinski definition) is 2. The fraction of sp³-hybridized carbons (Fsp3) is 0.417. The van der Waals surface area contributed by atoms with E-state index in [1.807, 2.05) is 13.8 Å². The number of aryl methyl sites for hydroxylation is 1. The van der Waals surface area contributed by atoms with Crippen LogP contribution in [0.15, 0.2) is 18.2 Å². The monoisotopic (exact) mass is 413 g/mol. The van der Waals surface area contributed by atoms with Gasteiger partial charge in [-0.15, -0.1) is 0 Å². The molecule has 2 aromatic rings. The number of halogens is 1. The lowest BCUT2D eigenvalue weighted by Gasteiger charge is -2.05. The number of fused-ring (bicyclic) bond motifs is 1. The van der Waals surface area contributed by atoms with Crippen LogP contribution in [0, 0.1) is 19.7 Å². The highest BCUT2D eigenvalue weighted by atomic mass is 19.1. The van der Waals surface area contributed by atoms with Gasteiger partial charge < -0.3 is 15.6 Å². The first-order valence-electron chi connectivity index (χ1n) is 10.6. The predicted molar refractivity (Wildman–Crippen MR) is 121 cm³/mol. The van der Waals surface area contributed by atoms with Gasteiger partial charge >= 0.3 is 0 Å². The third kappa shape index (κ3) is 5.38. The number of aromatic amines is 1. The van der Waals surface area contributed by atoms with Crippen molar-refractivity contribution in [2.75, 3.05) is 11.9 Å². The fourth-order valence-electron chi connectivity index (χ4n) is 3.37. The van der Waals surface area contributed by atoms with Gasteiger partial charge in [0, 0.05) is 29.2 Å². The van der Waals surface area contributed by atoms with Gasteiger partial charge in [0.1, 0.15) is 5.82 Å². The lowest BCUT2D eigenvalue weighted by Crippen LogP contribution is -2.25. The van der Waals surface area contributed by atoms with Crippen LogP contribution < -0.4 is 10.6 Å². The van der Waals surface area contributed by atoms with Crippen molar-refractivity contribution in [1.82, 2.24) is 10.3 Å². The second kappa shape index (κ2) is 10.8. The molecule has 0 spiro atoms. The standard InChI is InChI=1S/C21H24FN3O2.C3H8/c1-4-5-6-9-23-21(27)19-12(2)18(24-13(19)3)11-16-15-10-14(22)7-8-17(15)25-20(16)26;1-3-2/h7-8,10-11,24H,4-6,9H2,1-3H3,(H,23,27)(H,25,26);3H2,1-2H3/b16-11-;. The van der Waals surface area contributed by atoms with Gasteiger partial charge in [-0.1, -0.05) is 40.0 Å². The molecule has 2 heterocycles. The number of carbonyl (C=O) groups is 2. The Morgan fingerprint density at radius 1 is 1.17 bits per heavy atom. The van der Waals surface area contributed by atoms with Gasteiger partial charge in [0.05, 0.1) is 11.1 Å². The molecule has 1 aliphatic heterocycles.